The summed E-state index contributed by atoms with van der Waals surface area (Å²) >= 11 is 0. The third-order valence-corrected chi connectivity index (χ3v) is 4.71. The van der Waals surface area contributed by atoms with Gasteiger partial charge < -0.3 is 14.5 Å². The highest BCUT2D eigenvalue weighted by molar-refractivity contribution is 5.65. The van der Waals surface area contributed by atoms with E-state index in [1.807, 2.05) is 11.6 Å². The Kier molecular flexibility index (Phi) is 3.07. The SMILES string of the molecule is C=C(C)N1CCc2nn3c(c2C1)-c1nocc1CC(CO)C3. The molecule has 1 atom stereocenters. The molecule has 0 saturated carbocycles. The molecule has 0 aliphatic carbocycles. The predicted octanol–water partition coefficient (Wildman–Crippen LogP) is 1.59. The summed E-state index contributed by atoms with van der Waals surface area (Å²) in [6, 6.07) is 0. The first kappa shape index (κ1) is 13.6. The molecular weight excluding hydrogens is 280 g/mol. The van der Waals surface area contributed by atoms with Crippen LogP contribution in [-0.4, -0.2) is 38.1 Å². The second kappa shape index (κ2) is 4.98. The number of allylic oxidation sites excluding steroid dienone is 1. The maximum absolute atomic E-state index is 9.61. The third-order valence-electron chi connectivity index (χ3n) is 4.71. The zero-order valence-electron chi connectivity index (χ0n) is 12.7. The second-order valence-electron chi connectivity index (χ2n) is 6.30. The van der Waals surface area contributed by atoms with Crippen molar-refractivity contribution in [2.24, 2.45) is 5.92 Å². The molecule has 1 unspecified atom stereocenters. The van der Waals surface area contributed by atoms with Gasteiger partial charge in [0.15, 0.2) is 0 Å². The lowest BCUT2D eigenvalue weighted by molar-refractivity contribution is 0.207. The van der Waals surface area contributed by atoms with E-state index in [0.717, 1.165) is 60.8 Å². The Balaban J connectivity index is 1.85. The van der Waals surface area contributed by atoms with Crippen molar-refractivity contribution in [3.05, 3.63) is 35.4 Å². The van der Waals surface area contributed by atoms with Crippen LogP contribution in [0.5, 0.6) is 0 Å². The minimum absolute atomic E-state index is 0.145. The maximum Gasteiger partial charge on any atom is 0.135 e. The summed E-state index contributed by atoms with van der Waals surface area (Å²) in [5.74, 6) is 0.151. The highest BCUT2D eigenvalue weighted by Gasteiger charge is 2.31. The van der Waals surface area contributed by atoms with Gasteiger partial charge in [-0.05, 0) is 13.3 Å². The second-order valence-corrected chi connectivity index (χ2v) is 6.30. The van der Waals surface area contributed by atoms with Crippen molar-refractivity contribution >= 4 is 0 Å². The van der Waals surface area contributed by atoms with Gasteiger partial charge in [0, 0.05) is 55.4 Å². The van der Waals surface area contributed by atoms with E-state index in [1.54, 1.807) is 6.26 Å². The van der Waals surface area contributed by atoms with Crippen LogP contribution in [0, 0.1) is 5.92 Å². The summed E-state index contributed by atoms with van der Waals surface area (Å²) in [5.41, 5.74) is 6.44. The summed E-state index contributed by atoms with van der Waals surface area (Å²) in [4.78, 5) is 2.28. The van der Waals surface area contributed by atoms with Crippen molar-refractivity contribution in [3.8, 4) is 11.4 Å². The molecule has 0 aromatic carbocycles. The molecule has 6 nitrogen and oxygen atoms in total. The van der Waals surface area contributed by atoms with Gasteiger partial charge in [-0.15, -0.1) is 0 Å². The molecule has 0 bridgehead atoms. The minimum atomic E-state index is 0.145. The van der Waals surface area contributed by atoms with Crippen LogP contribution in [0.3, 0.4) is 0 Å². The molecule has 0 saturated heterocycles. The van der Waals surface area contributed by atoms with E-state index in [9.17, 15) is 5.11 Å². The van der Waals surface area contributed by atoms with Gasteiger partial charge in [-0.25, -0.2) is 0 Å². The average Bonchev–Trinajstić information content (AvgIpc) is 3.06. The average molecular weight is 300 g/mol. The summed E-state index contributed by atoms with van der Waals surface area (Å²) in [6.07, 6.45) is 3.39. The van der Waals surface area contributed by atoms with Crippen molar-refractivity contribution < 1.29 is 9.63 Å². The lowest BCUT2D eigenvalue weighted by Crippen LogP contribution is -2.28. The van der Waals surface area contributed by atoms with Crippen molar-refractivity contribution in [1.82, 2.24) is 19.8 Å². The predicted molar refractivity (Wildman–Crippen MR) is 80.9 cm³/mol. The largest absolute Gasteiger partial charge is 0.396 e. The number of hydrogen-bond donors (Lipinski definition) is 1. The lowest BCUT2D eigenvalue weighted by atomic mass is 9.99. The molecule has 2 aliphatic heterocycles. The van der Waals surface area contributed by atoms with Gasteiger partial charge in [0.1, 0.15) is 12.0 Å². The van der Waals surface area contributed by atoms with Crippen molar-refractivity contribution in [1.29, 1.82) is 0 Å². The van der Waals surface area contributed by atoms with Crippen LogP contribution in [0.1, 0.15) is 23.7 Å². The van der Waals surface area contributed by atoms with Gasteiger partial charge in [-0.1, -0.05) is 11.7 Å². The van der Waals surface area contributed by atoms with Gasteiger partial charge in [0.2, 0.25) is 0 Å². The number of fused-ring (bicyclic) bond motifs is 5. The fourth-order valence-corrected chi connectivity index (χ4v) is 3.49. The number of hydrogen-bond acceptors (Lipinski definition) is 5. The first-order valence-electron chi connectivity index (χ1n) is 7.71. The van der Waals surface area contributed by atoms with E-state index in [2.05, 4.69) is 16.6 Å². The van der Waals surface area contributed by atoms with Crippen LogP contribution in [0.15, 0.2) is 23.1 Å². The molecule has 6 heteroatoms. The Morgan fingerprint density at radius 3 is 3.18 bits per heavy atom. The Morgan fingerprint density at radius 1 is 1.55 bits per heavy atom. The highest BCUT2D eigenvalue weighted by atomic mass is 16.5. The standard InChI is InChI=1S/C16H20N4O2/c1-10(2)19-4-3-14-13(7-19)16-15-12(9-22-18-15)5-11(8-21)6-20(16)17-14/h9,11,21H,1,3-8H2,2H3. The Labute approximate surface area is 129 Å². The van der Waals surface area contributed by atoms with E-state index in [1.165, 1.54) is 5.56 Å². The molecule has 0 amide bonds. The van der Waals surface area contributed by atoms with Gasteiger partial charge in [-0.3, -0.25) is 4.68 Å². The van der Waals surface area contributed by atoms with Crippen LogP contribution in [0.2, 0.25) is 0 Å². The van der Waals surface area contributed by atoms with E-state index in [0.29, 0.717) is 0 Å². The van der Waals surface area contributed by atoms with E-state index < -0.39 is 0 Å². The summed E-state index contributed by atoms with van der Waals surface area (Å²) in [7, 11) is 0. The number of aliphatic hydroxyl groups is 1. The maximum atomic E-state index is 9.61. The zero-order chi connectivity index (χ0) is 15.3. The topological polar surface area (TPSA) is 67.3 Å². The quantitative estimate of drug-likeness (QED) is 0.912. The fourth-order valence-electron chi connectivity index (χ4n) is 3.49. The number of nitrogens with zero attached hydrogens (tertiary/aromatic N) is 4. The molecule has 2 aliphatic rings. The fraction of sp³-hybridized carbons (Fsp3) is 0.500. The van der Waals surface area contributed by atoms with E-state index >= 15 is 0 Å². The van der Waals surface area contributed by atoms with Crippen LogP contribution >= 0.6 is 0 Å². The minimum Gasteiger partial charge on any atom is -0.396 e. The Morgan fingerprint density at radius 2 is 2.41 bits per heavy atom. The zero-order valence-corrected chi connectivity index (χ0v) is 12.7. The van der Waals surface area contributed by atoms with Crippen molar-refractivity contribution in [3.63, 3.8) is 0 Å². The normalized spacial score (nSPS) is 20.1. The summed E-state index contributed by atoms with van der Waals surface area (Å²) in [6.45, 7) is 8.73. The highest BCUT2D eigenvalue weighted by Crippen LogP contribution is 2.36. The van der Waals surface area contributed by atoms with Crippen molar-refractivity contribution in [2.45, 2.75) is 32.9 Å². The molecule has 0 spiro atoms. The molecule has 1 N–H and O–H groups in total. The molecule has 116 valence electrons. The van der Waals surface area contributed by atoms with Gasteiger partial charge in [0.25, 0.3) is 0 Å². The molecule has 0 fully saturated rings. The monoisotopic (exact) mass is 300 g/mol. The van der Waals surface area contributed by atoms with Crippen LogP contribution < -0.4 is 0 Å². The molecule has 2 aromatic rings. The van der Waals surface area contributed by atoms with Gasteiger partial charge >= 0.3 is 0 Å². The van der Waals surface area contributed by atoms with Crippen LogP contribution in [0.25, 0.3) is 11.4 Å². The third kappa shape index (κ3) is 1.98. The van der Waals surface area contributed by atoms with Crippen molar-refractivity contribution in [2.75, 3.05) is 13.2 Å². The van der Waals surface area contributed by atoms with E-state index in [4.69, 9.17) is 9.62 Å². The first-order chi connectivity index (χ1) is 10.7. The Bertz CT molecular complexity index is 731. The Hall–Kier alpha value is -2.08. The van der Waals surface area contributed by atoms with Crippen LogP contribution in [-0.2, 0) is 25.9 Å². The summed E-state index contributed by atoms with van der Waals surface area (Å²) < 4.78 is 7.22. The van der Waals surface area contributed by atoms with E-state index in [-0.39, 0.29) is 12.5 Å². The first-order valence-corrected chi connectivity index (χ1v) is 7.71. The molecule has 2 aromatic heterocycles. The molecule has 0 radical (unpaired) electrons. The summed E-state index contributed by atoms with van der Waals surface area (Å²) in [5, 5.41) is 18.6. The van der Waals surface area contributed by atoms with Crippen LogP contribution in [0.4, 0.5) is 0 Å². The molecule has 4 heterocycles. The van der Waals surface area contributed by atoms with Gasteiger partial charge in [-0.2, -0.15) is 5.10 Å². The molecular formula is C16H20N4O2. The van der Waals surface area contributed by atoms with Gasteiger partial charge in [0.05, 0.1) is 11.4 Å². The molecule has 4 rings (SSSR count). The smallest absolute Gasteiger partial charge is 0.135 e. The number of rotatable bonds is 2. The number of aromatic nitrogens is 3. The number of aliphatic hydroxyl groups excluding tert-OH is 1. The molecule has 22 heavy (non-hydrogen) atoms. The lowest BCUT2D eigenvalue weighted by Gasteiger charge is -2.28.